The SMILES string of the molecule is CNc1cncc(N)c1C. The number of pyridine rings is 1. The number of anilines is 2. The molecule has 1 aromatic heterocycles. The van der Waals surface area contributed by atoms with Crippen LogP contribution in [0, 0.1) is 6.92 Å². The van der Waals surface area contributed by atoms with Crippen LogP contribution in [0.2, 0.25) is 0 Å². The Bertz CT molecular complexity index is 232. The molecule has 0 saturated heterocycles. The molecule has 0 fully saturated rings. The number of nitrogens with zero attached hydrogens (tertiary/aromatic N) is 1. The Morgan fingerprint density at radius 1 is 1.50 bits per heavy atom. The fourth-order valence-corrected chi connectivity index (χ4v) is 0.793. The minimum absolute atomic E-state index is 0.729. The monoisotopic (exact) mass is 137 g/mol. The van der Waals surface area contributed by atoms with E-state index in [2.05, 4.69) is 10.3 Å². The molecule has 1 rings (SSSR count). The molecule has 0 aliphatic rings. The third-order valence-electron chi connectivity index (χ3n) is 1.52. The average molecular weight is 137 g/mol. The fraction of sp³-hybridized carbons (Fsp3) is 0.286. The molecule has 0 aliphatic heterocycles. The summed E-state index contributed by atoms with van der Waals surface area (Å²) in [6.07, 6.45) is 3.40. The second-order valence-electron chi connectivity index (χ2n) is 2.15. The minimum Gasteiger partial charge on any atom is -0.397 e. The van der Waals surface area contributed by atoms with Gasteiger partial charge in [-0.05, 0) is 12.5 Å². The molecule has 0 aromatic carbocycles. The summed E-state index contributed by atoms with van der Waals surface area (Å²) in [5.74, 6) is 0. The zero-order valence-corrected chi connectivity index (χ0v) is 6.18. The van der Waals surface area contributed by atoms with Crippen LogP contribution in [-0.2, 0) is 0 Å². The third kappa shape index (κ3) is 1.03. The van der Waals surface area contributed by atoms with Crippen LogP contribution in [0.1, 0.15) is 5.56 Å². The van der Waals surface area contributed by atoms with Crippen molar-refractivity contribution in [2.75, 3.05) is 18.1 Å². The van der Waals surface area contributed by atoms with E-state index in [1.54, 1.807) is 12.4 Å². The van der Waals surface area contributed by atoms with E-state index in [1.165, 1.54) is 0 Å². The van der Waals surface area contributed by atoms with Crippen molar-refractivity contribution in [3.8, 4) is 0 Å². The van der Waals surface area contributed by atoms with E-state index in [9.17, 15) is 0 Å². The highest BCUT2D eigenvalue weighted by molar-refractivity contribution is 5.60. The van der Waals surface area contributed by atoms with Gasteiger partial charge in [-0.25, -0.2) is 0 Å². The first-order valence-electron chi connectivity index (χ1n) is 3.13. The summed E-state index contributed by atoms with van der Waals surface area (Å²) in [5, 5.41) is 2.99. The Labute approximate surface area is 60.3 Å². The number of hydrogen-bond donors (Lipinski definition) is 2. The molecule has 3 N–H and O–H groups in total. The molecule has 0 spiro atoms. The highest BCUT2D eigenvalue weighted by Gasteiger charge is 1.97. The highest BCUT2D eigenvalue weighted by Crippen LogP contribution is 2.17. The maximum atomic E-state index is 5.59. The minimum atomic E-state index is 0.729. The van der Waals surface area contributed by atoms with Crippen LogP contribution in [0.5, 0.6) is 0 Å². The summed E-state index contributed by atoms with van der Waals surface area (Å²) < 4.78 is 0. The van der Waals surface area contributed by atoms with Gasteiger partial charge in [0, 0.05) is 7.05 Å². The van der Waals surface area contributed by atoms with Crippen molar-refractivity contribution < 1.29 is 0 Å². The first-order valence-corrected chi connectivity index (χ1v) is 3.13. The molecule has 1 heterocycles. The normalized spacial score (nSPS) is 9.40. The second-order valence-corrected chi connectivity index (χ2v) is 2.15. The van der Waals surface area contributed by atoms with Crippen LogP contribution in [-0.4, -0.2) is 12.0 Å². The average Bonchev–Trinajstić information content (AvgIpc) is 1.95. The van der Waals surface area contributed by atoms with E-state index in [1.807, 2.05) is 14.0 Å². The van der Waals surface area contributed by atoms with E-state index in [0.29, 0.717) is 0 Å². The molecule has 0 atom stereocenters. The van der Waals surface area contributed by atoms with Crippen LogP contribution < -0.4 is 11.1 Å². The van der Waals surface area contributed by atoms with Gasteiger partial charge in [0.15, 0.2) is 0 Å². The van der Waals surface area contributed by atoms with Crippen LogP contribution in [0.4, 0.5) is 11.4 Å². The van der Waals surface area contributed by atoms with Gasteiger partial charge in [-0.2, -0.15) is 0 Å². The number of nitrogens with one attached hydrogen (secondary N) is 1. The predicted octanol–water partition coefficient (Wildman–Crippen LogP) is 1.01. The van der Waals surface area contributed by atoms with Crippen molar-refractivity contribution in [1.29, 1.82) is 0 Å². The Morgan fingerprint density at radius 2 is 2.20 bits per heavy atom. The largest absolute Gasteiger partial charge is 0.397 e. The molecule has 10 heavy (non-hydrogen) atoms. The van der Waals surface area contributed by atoms with E-state index in [0.717, 1.165) is 16.9 Å². The molecule has 0 radical (unpaired) electrons. The van der Waals surface area contributed by atoms with E-state index < -0.39 is 0 Å². The summed E-state index contributed by atoms with van der Waals surface area (Å²) in [7, 11) is 1.85. The summed E-state index contributed by atoms with van der Waals surface area (Å²) in [6.45, 7) is 1.96. The van der Waals surface area contributed by atoms with Gasteiger partial charge >= 0.3 is 0 Å². The lowest BCUT2D eigenvalue weighted by molar-refractivity contribution is 1.27. The molecule has 3 nitrogen and oxygen atoms in total. The lowest BCUT2D eigenvalue weighted by atomic mass is 10.2. The van der Waals surface area contributed by atoms with Crippen molar-refractivity contribution in [3.05, 3.63) is 18.0 Å². The summed E-state index contributed by atoms with van der Waals surface area (Å²) in [4.78, 5) is 3.93. The molecule has 1 aromatic rings. The number of hydrogen-bond acceptors (Lipinski definition) is 3. The summed E-state index contributed by atoms with van der Waals surface area (Å²) >= 11 is 0. The molecule has 0 unspecified atom stereocenters. The van der Waals surface area contributed by atoms with Gasteiger partial charge in [0.2, 0.25) is 0 Å². The number of rotatable bonds is 1. The van der Waals surface area contributed by atoms with Gasteiger partial charge in [0.1, 0.15) is 0 Å². The number of aromatic nitrogens is 1. The van der Waals surface area contributed by atoms with E-state index >= 15 is 0 Å². The standard InChI is InChI=1S/C7H11N3/c1-5-6(8)3-10-4-7(5)9-2/h3-4,9H,8H2,1-2H3. The Kier molecular flexibility index (Phi) is 1.76. The molecular formula is C7H11N3. The maximum absolute atomic E-state index is 5.59. The van der Waals surface area contributed by atoms with Crippen LogP contribution in [0.25, 0.3) is 0 Å². The lowest BCUT2D eigenvalue weighted by Gasteiger charge is -2.04. The van der Waals surface area contributed by atoms with Gasteiger partial charge in [-0.3, -0.25) is 4.98 Å². The topological polar surface area (TPSA) is 50.9 Å². The first kappa shape index (κ1) is 6.86. The van der Waals surface area contributed by atoms with Crippen LogP contribution in [0.3, 0.4) is 0 Å². The summed E-state index contributed by atoms with van der Waals surface area (Å²) in [6, 6.07) is 0. The molecular weight excluding hydrogens is 126 g/mol. The van der Waals surface area contributed by atoms with Crippen molar-refractivity contribution in [2.24, 2.45) is 0 Å². The Hall–Kier alpha value is -1.25. The predicted molar refractivity (Wildman–Crippen MR) is 42.9 cm³/mol. The zero-order valence-electron chi connectivity index (χ0n) is 6.18. The van der Waals surface area contributed by atoms with Gasteiger partial charge in [-0.1, -0.05) is 0 Å². The quantitative estimate of drug-likeness (QED) is 0.607. The van der Waals surface area contributed by atoms with Crippen molar-refractivity contribution in [1.82, 2.24) is 4.98 Å². The van der Waals surface area contributed by atoms with Crippen molar-refractivity contribution in [2.45, 2.75) is 6.92 Å². The molecule has 0 amide bonds. The van der Waals surface area contributed by atoms with Crippen LogP contribution in [0.15, 0.2) is 12.4 Å². The molecule has 0 aliphatic carbocycles. The fourth-order valence-electron chi connectivity index (χ4n) is 0.793. The number of nitrogen functional groups attached to an aromatic ring is 1. The highest BCUT2D eigenvalue weighted by atomic mass is 14.9. The zero-order chi connectivity index (χ0) is 7.56. The molecule has 0 bridgehead atoms. The smallest absolute Gasteiger partial charge is 0.0574 e. The van der Waals surface area contributed by atoms with Gasteiger partial charge in [-0.15, -0.1) is 0 Å². The molecule has 54 valence electrons. The van der Waals surface area contributed by atoms with Gasteiger partial charge < -0.3 is 11.1 Å². The maximum Gasteiger partial charge on any atom is 0.0574 e. The van der Waals surface area contributed by atoms with E-state index in [-0.39, 0.29) is 0 Å². The lowest BCUT2D eigenvalue weighted by Crippen LogP contribution is -1.97. The third-order valence-corrected chi connectivity index (χ3v) is 1.52. The van der Waals surface area contributed by atoms with Gasteiger partial charge in [0.05, 0.1) is 23.8 Å². The van der Waals surface area contributed by atoms with Crippen LogP contribution >= 0.6 is 0 Å². The second kappa shape index (κ2) is 2.56. The van der Waals surface area contributed by atoms with Crippen molar-refractivity contribution in [3.63, 3.8) is 0 Å². The Balaban J connectivity index is 3.14. The van der Waals surface area contributed by atoms with Gasteiger partial charge in [0.25, 0.3) is 0 Å². The Morgan fingerprint density at radius 3 is 2.70 bits per heavy atom. The number of nitrogens with two attached hydrogens (primary N) is 1. The molecule has 3 heteroatoms. The van der Waals surface area contributed by atoms with Crippen molar-refractivity contribution >= 4 is 11.4 Å². The summed E-state index contributed by atoms with van der Waals surface area (Å²) in [5.41, 5.74) is 8.36. The molecule has 0 saturated carbocycles. The first-order chi connectivity index (χ1) is 4.75. The van der Waals surface area contributed by atoms with E-state index in [4.69, 9.17) is 5.73 Å².